The van der Waals surface area contributed by atoms with Crippen molar-refractivity contribution in [2.75, 3.05) is 0 Å². The van der Waals surface area contributed by atoms with E-state index in [1.807, 2.05) is 312 Å². The van der Waals surface area contributed by atoms with Gasteiger partial charge >= 0.3 is 0 Å². The molecular formula is C97H57F2N15. The fourth-order valence-corrected chi connectivity index (χ4v) is 14.8. The second kappa shape index (κ2) is 28.6. The third-order valence-corrected chi connectivity index (χ3v) is 20.2. The van der Waals surface area contributed by atoms with Crippen LogP contribution >= 0.6 is 0 Å². The standard InChI is InChI=1S/C97H57F2N15/c98-73-49-71(50-74(99)57-73)72-55-84(113-80-45-41-67(94-105-86(59-25-9-1-10-26-59)101-87(106-94)60-27-11-2-12-28-60)51-75(80)76-52-68(42-46-81(76)113)95-107-88(61-29-13-3-14-30-61)102-89(108-95)62-31-15-4-16-32-62)79(58-100)85(56-72)114-82-47-43-69(96-109-90(63-33-17-5-18-34-63)103-91(110-96)64-35-19-6-20-36-64)53-77(82)78-54-70(44-48-83(78)114)97-111-92(65-37-21-7-22-38-65)104-93(112-97)66-39-23-8-24-40-66/h1-57H. The molecule has 0 aliphatic rings. The van der Waals surface area contributed by atoms with Gasteiger partial charge in [0.25, 0.3) is 0 Å². The molecule has 534 valence electrons. The van der Waals surface area contributed by atoms with Gasteiger partial charge in [0.15, 0.2) is 69.9 Å². The van der Waals surface area contributed by atoms with E-state index in [-0.39, 0.29) is 11.1 Å². The second-order valence-electron chi connectivity index (χ2n) is 27.4. The topological polar surface area (TPSA) is 188 Å². The molecule has 14 aromatic carbocycles. The Balaban J connectivity index is 0.858. The van der Waals surface area contributed by atoms with Gasteiger partial charge in [0, 0.05) is 94.4 Å². The van der Waals surface area contributed by atoms with Crippen molar-refractivity contribution in [2.45, 2.75) is 0 Å². The van der Waals surface area contributed by atoms with Gasteiger partial charge in [-0.25, -0.2) is 68.6 Å². The van der Waals surface area contributed by atoms with Crippen molar-refractivity contribution in [3.05, 3.63) is 363 Å². The van der Waals surface area contributed by atoms with E-state index in [1.165, 1.54) is 12.1 Å². The number of benzene rings is 14. The minimum Gasteiger partial charge on any atom is -0.308 e. The summed E-state index contributed by atoms with van der Waals surface area (Å²) in [5.74, 6) is 3.96. The van der Waals surface area contributed by atoms with Crippen LogP contribution in [-0.4, -0.2) is 68.9 Å². The number of nitriles is 1. The molecule has 0 aliphatic carbocycles. The summed E-state index contributed by atoms with van der Waals surface area (Å²) >= 11 is 0. The summed E-state index contributed by atoms with van der Waals surface area (Å²) in [5.41, 5.74) is 13.5. The van der Waals surface area contributed by atoms with Crippen molar-refractivity contribution in [1.29, 1.82) is 5.26 Å². The van der Waals surface area contributed by atoms with E-state index in [9.17, 15) is 5.26 Å². The van der Waals surface area contributed by atoms with Crippen LogP contribution in [0, 0.1) is 23.0 Å². The summed E-state index contributed by atoms with van der Waals surface area (Å²) in [6.45, 7) is 0. The summed E-state index contributed by atoms with van der Waals surface area (Å²) in [7, 11) is 0. The Morgan fingerprint density at radius 3 is 0.570 bits per heavy atom. The van der Waals surface area contributed by atoms with Crippen molar-refractivity contribution >= 4 is 43.6 Å². The Hall–Kier alpha value is -15.9. The minimum absolute atomic E-state index is 0.222. The molecule has 0 bridgehead atoms. The first-order chi connectivity index (χ1) is 56.2. The summed E-state index contributed by atoms with van der Waals surface area (Å²) in [5, 5.41) is 15.4. The largest absolute Gasteiger partial charge is 0.308 e. The van der Waals surface area contributed by atoms with Gasteiger partial charge in [0.2, 0.25) is 0 Å². The third-order valence-electron chi connectivity index (χ3n) is 20.2. The number of aromatic nitrogens is 14. The number of fused-ring (bicyclic) bond motifs is 6. The van der Waals surface area contributed by atoms with Crippen molar-refractivity contribution < 1.29 is 8.78 Å². The normalized spacial score (nSPS) is 11.4. The molecule has 0 atom stereocenters. The Morgan fingerprint density at radius 2 is 0.377 bits per heavy atom. The minimum atomic E-state index is -0.784. The Morgan fingerprint density at radius 1 is 0.193 bits per heavy atom. The number of nitrogens with zero attached hydrogens (tertiary/aromatic N) is 15. The summed E-state index contributed by atoms with van der Waals surface area (Å²) < 4.78 is 36.4. The van der Waals surface area contributed by atoms with Crippen LogP contribution in [0.3, 0.4) is 0 Å². The number of hydrogen-bond acceptors (Lipinski definition) is 13. The highest BCUT2D eigenvalue weighted by Gasteiger charge is 2.27. The van der Waals surface area contributed by atoms with E-state index >= 15 is 8.78 Å². The Kier molecular flexibility index (Phi) is 16.9. The monoisotopic (exact) mass is 1470 g/mol. The van der Waals surface area contributed by atoms with E-state index in [1.54, 1.807) is 0 Å². The lowest BCUT2D eigenvalue weighted by Gasteiger charge is -2.19. The molecule has 0 amide bonds. The first kappa shape index (κ1) is 67.4. The van der Waals surface area contributed by atoms with Crippen LogP contribution in [0.4, 0.5) is 8.78 Å². The van der Waals surface area contributed by atoms with Gasteiger partial charge in [-0.2, -0.15) is 5.26 Å². The first-order valence-electron chi connectivity index (χ1n) is 36.9. The van der Waals surface area contributed by atoms with Crippen LogP contribution in [0.15, 0.2) is 346 Å². The molecule has 15 nitrogen and oxygen atoms in total. The SMILES string of the molecule is N#Cc1c(-n2c3ccc(-c4nc(-c5ccccc5)nc(-c5ccccc5)n4)cc3c3cc(-c4nc(-c5ccccc5)nc(-c5ccccc5)n4)ccc32)cc(-c2cc(F)cc(F)c2)cc1-n1c2ccc(-c3nc(-c4ccccc4)nc(-c4ccccc4)n3)cc2c2cc(-c3nc(-c4ccccc4)nc(-c4ccccc4)n3)ccc21. The molecule has 0 saturated heterocycles. The van der Waals surface area contributed by atoms with Crippen LogP contribution in [0.5, 0.6) is 0 Å². The number of rotatable bonds is 15. The van der Waals surface area contributed by atoms with Gasteiger partial charge in [0.1, 0.15) is 23.3 Å². The highest BCUT2D eigenvalue weighted by molar-refractivity contribution is 6.14. The Labute approximate surface area is 651 Å². The zero-order valence-electron chi connectivity index (χ0n) is 60.4. The number of hydrogen-bond donors (Lipinski definition) is 0. The van der Waals surface area contributed by atoms with Crippen molar-refractivity contribution in [3.63, 3.8) is 0 Å². The van der Waals surface area contributed by atoms with Crippen molar-refractivity contribution in [1.82, 2.24) is 68.9 Å². The predicted molar refractivity (Wildman–Crippen MR) is 444 cm³/mol. The molecule has 0 N–H and O–H groups in total. The Bertz CT molecular complexity index is 6160. The molecule has 0 spiro atoms. The molecule has 20 rings (SSSR count). The lowest BCUT2D eigenvalue weighted by molar-refractivity contribution is 0.584. The van der Waals surface area contributed by atoms with Crippen LogP contribution in [0.25, 0.3) is 203 Å². The van der Waals surface area contributed by atoms with Gasteiger partial charge < -0.3 is 9.13 Å². The molecule has 6 aromatic heterocycles. The quantitative estimate of drug-likeness (QED) is 0.0944. The molecule has 114 heavy (non-hydrogen) atoms. The molecule has 0 unspecified atom stereocenters. The molecule has 0 radical (unpaired) electrons. The molecular weight excluding hydrogens is 1410 g/mol. The van der Waals surface area contributed by atoms with E-state index < -0.39 is 11.6 Å². The van der Waals surface area contributed by atoms with Crippen LogP contribution in [0.1, 0.15) is 5.56 Å². The average Bonchev–Trinajstić information content (AvgIpc) is 1.57. The highest BCUT2D eigenvalue weighted by atomic mass is 19.1. The maximum atomic E-state index is 16.2. The van der Waals surface area contributed by atoms with Gasteiger partial charge in [-0.1, -0.05) is 243 Å². The molecule has 6 heterocycles. The molecule has 20 aromatic rings. The zero-order chi connectivity index (χ0) is 76.2. The van der Waals surface area contributed by atoms with Crippen molar-refractivity contribution in [3.8, 4) is 165 Å². The zero-order valence-corrected chi connectivity index (χ0v) is 60.4. The van der Waals surface area contributed by atoms with Gasteiger partial charge in [-0.3, -0.25) is 0 Å². The highest BCUT2D eigenvalue weighted by Crippen LogP contribution is 2.45. The van der Waals surface area contributed by atoms with Crippen LogP contribution < -0.4 is 0 Å². The smallest absolute Gasteiger partial charge is 0.164 e. The second-order valence-corrected chi connectivity index (χ2v) is 27.4. The van der Waals surface area contributed by atoms with Gasteiger partial charge in [-0.15, -0.1) is 0 Å². The van der Waals surface area contributed by atoms with Gasteiger partial charge in [0.05, 0.1) is 33.4 Å². The van der Waals surface area contributed by atoms with E-state index in [0.29, 0.717) is 131 Å². The summed E-state index contributed by atoms with van der Waals surface area (Å²) in [6, 6.07) is 112. The summed E-state index contributed by atoms with van der Waals surface area (Å²) in [4.78, 5) is 61.7. The maximum absolute atomic E-state index is 16.2. The molecule has 0 saturated carbocycles. The van der Waals surface area contributed by atoms with Crippen LogP contribution in [-0.2, 0) is 0 Å². The lowest BCUT2D eigenvalue weighted by atomic mass is 9.99. The van der Waals surface area contributed by atoms with Crippen molar-refractivity contribution in [2.24, 2.45) is 0 Å². The van der Waals surface area contributed by atoms with E-state index in [0.717, 1.165) is 72.1 Å². The average molecular weight is 1470 g/mol. The van der Waals surface area contributed by atoms with E-state index in [4.69, 9.17) is 59.8 Å². The fraction of sp³-hybridized carbons (Fsp3) is 0. The third kappa shape index (κ3) is 12.6. The fourth-order valence-electron chi connectivity index (χ4n) is 14.8. The predicted octanol–water partition coefficient (Wildman–Crippen LogP) is 22.4. The molecule has 17 heteroatoms. The summed E-state index contributed by atoms with van der Waals surface area (Å²) in [6.07, 6.45) is 0. The molecule has 0 fully saturated rings. The maximum Gasteiger partial charge on any atom is 0.164 e. The van der Waals surface area contributed by atoms with Gasteiger partial charge in [-0.05, 0) is 108 Å². The number of halogens is 2. The van der Waals surface area contributed by atoms with Crippen LogP contribution in [0.2, 0.25) is 0 Å². The van der Waals surface area contributed by atoms with E-state index in [2.05, 4.69) is 30.3 Å². The lowest BCUT2D eigenvalue weighted by Crippen LogP contribution is -2.05. The molecule has 0 aliphatic heterocycles. The first-order valence-corrected chi connectivity index (χ1v) is 36.9.